The fourth-order valence-corrected chi connectivity index (χ4v) is 3.24. The van der Waals surface area contributed by atoms with Crippen LogP contribution in [0.1, 0.15) is 28.2 Å². The summed E-state index contributed by atoms with van der Waals surface area (Å²) >= 11 is 0. The molecule has 0 radical (unpaired) electrons. The molecule has 1 aliphatic rings. The van der Waals surface area contributed by atoms with Gasteiger partial charge >= 0.3 is 5.97 Å². The van der Waals surface area contributed by atoms with Gasteiger partial charge in [0.1, 0.15) is 5.76 Å². The Hall–Kier alpha value is -3.16. The number of piperidine rings is 1. The van der Waals surface area contributed by atoms with Gasteiger partial charge in [-0.25, -0.2) is 0 Å². The third-order valence-electron chi connectivity index (χ3n) is 4.72. The first-order valence-electron chi connectivity index (χ1n) is 8.69. The van der Waals surface area contributed by atoms with Crippen molar-refractivity contribution in [2.24, 2.45) is 11.8 Å². The van der Waals surface area contributed by atoms with Crippen molar-refractivity contribution >= 4 is 17.8 Å². The summed E-state index contributed by atoms with van der Waals surface area (Å²) in [5, 5.41) is 12.2. The second kappa shape index (κ2) is 8.03. The molecule has 27 heavy (non-hydrogen) atoms. The predicted octanol–water partition coefficient (Wildman–Crippen LogP) is 1.46. The molecule has 3 heterocycles. The van der Waals surface area contributed by atoms with Crippen molar-refractivity contribution in [1.29, 1.82) is 0 Å². The van der Waals surface area contributed by atoms with Crippen LogP contribution in [0.4, 0.5) is 0 Å². The smallest absolute Gasteiger partial charge is 0.308 e. The number of amides is 2. The van der Waals surface area contributed by atoms with Crippen LogP contribution in [0.25, 0.3) is 0 Å². The lowest BCUT2D eigenvalue weighted by atomic mass is 9.88. The quantitative estimate of drug-likeness (QED) is 0.823. The number of aliphatic carboxylic acids is 1. The van der Waals surface area contributed by atoms with Crippen molar-refractivity contribution in [3.63, 3.8) is 0 Å². The van der Waals surface area contributed by atoms with Crippen LogP contribution in [0.5, 0.6) is 0 Å². The van der Waals surface area contributed by atoms with Gasteiger partial charge in [0.15, 0.2) is 0 Å². The first-order chi connectivity index (χ1) is 13.0. The van der Waals surface area contributed by atoms with E-state index >= 15 is 0 Å². The van der Waals surface area contributed by atoms with E-state index in [1.54, 1.807) is 31.3 Å². The van der Waals surface area contributed by atoms with E-state index in [0.29, 0.717) is 17.0 Å². The molecule has 0 saturated carbocycles. The summed E-state index contributed by atoms with van der Waals surface area (Å²) < 4.78 is 5.16. The highest BCUT2D eigenvalue weighted by molar-refractivity contribution is 5.96. The largest absolute Gasteiger partial charge is 0.481 e. The molecule has 142 valence electrons. The van der Waals surface area contributed by atoms with Crippen molar-refractivity contribution in [3.05, 3.63) is 53.7 Å². The Bertz CT molecular complexity index is 833. The number of hydrogen-bond acceptors (Lipinski definition) is 5. The zero-order chi connectivity index (χ0) is 19.4. The van der Waals surface area contributed by atoms with E-state index in [1.165, 1.54) is 11.2 Å². The number of carboxylic acids is 1. The Labute approximate surface area is 156 Å². The van der Waals surface area contributed by atoms with Gasteiger partial charge in [0.25, 0.3) is 5.91 Å². The van der Waals surface area contributed by atoms with E-state index in [4.69, 9.17) is 4.42 Å². The molecular weight excluding hydrogens is 350 g/mol. The van der Waals surface area contributed by atoms with Crippen molar-refractivity contribution < 1.29 is 23.9 Å². The Morgan fingerprint density at radius 1 is 1.26 bits per heavy atom. The second-order valence-electron chi connectivity index (χ2n) is 6.61. The van der Waals surface area contributed by atoms with Crippen molar-refractivity contribution in [2.45, 2.75) is 19.9 Å². The van der Waals surface area contributed by atoms with Crippen LogP contribution in [0.3, 0.4) is 0 Å². The van der Waals surface area contributed by atoms with Crippen LogP contribution in [-0.2, 0) is 16.1 Å². The van der Waals surface area contributed by atoms with E-state index < -0.39 is 17.8 Å². The van der Waals surface area contributed by atoms with Gasteiger partial charge in [-0.15, -0.1) is 0 Å². The number of nitrogens with zero attached hydrogens (tertiary/aromatic N) is 2. The molecule has 0 aromatic carbocycles. The fourth-order valence-electron chi connectivity index (χ4n) is 3.24. The number of carbonyl (C=O) groups excluding carboxylic acids is 2. The molecule has 1 fully saturated rings. The zero-order valence-corrected chi connectivity index (χ0v) is 14.9. The summed E-state index contributed by atoms with van der Waals surface area (Å²) in [6.07, 6.45) is 3.24. The summed E-state index contributed by atoms with van der Waals surface area (Å²) in [6.45, 7) is 2.16. The number of aryl methyl sites for hydroxylation is 1. The molecule has 2 aromatic heterocycles. The first kappa shape index (κ1) is 18.6. The average molecular weight is 371 g/mol. The monoisotopic (exact) mass is 371 g/mol. The molecule has 3 rings (SSSR count). The standard InChI is InChI=1S/C19H21N3O5/c1-12-16(5-7-27-12)18(24)22-10-13(8-14(11-22)19(25)26)17(23)21-9-15-4-2-3-6-20-15/h2-7,13-14H,8-11H2,1H3,(H,21,23)(H,25,26)/t13-,14-/m1/s1. The minimum Gasteiger partial charge on any atom is -0.481 e. The minimum absolute atomic E-state index is 0.0722. The van der Waals surface area contributed by atoms with Crippen molar-refractivity contribution in [2.75, 3.05) is 13.1 Å². The molecular formula is C19H21N3O5. The molecule has 8 heteroatoms. The maximum absolute atomic E-state index is 12.7. The van der Waals surface area contributed by atoms with E-state index in [0.717, 1.165) is 0 Å². The maximum atomic E-state index is 12.7. The number of carboxylic acid groups (broad SMARTS) is 1. The molecule has 8 nitrogen and oxygen atoms in total. The van der Waals surface area contributed by atoms with Crippen LogP contribution < -0.4 is 5.32 Å². The van der Waals surface area contributed by atoms with Crippen molar-refractivity contribution in [1.82, 2.24) is 15.2 Å². The number of furan rings is 1. The Kier molecular flexibility index (Phi) is 5.54. The topological polar surface area (TPSA) is 113 Å². The molecule has 2 amide bonds. The molecule has 0 spiro atoms. The number of carbonyl (C=O) groups is 3. The Morgan fingerprint density at radius 2 is 2.04 bits per heavy atom. The second-order valence-corrected chi connectivity index (χ2v) is 6.61. The fraction of sp³-hybridized carbons (Fsp3) is 0.368. The van der Waals surface area contributed by atoms with Gasteiger partial charge in [0, 0.05) is 19.3 Å². The minimum atomic E-state index is -1.01. The lowest BCUT2D eigenvalue weighted by molar-refractivity contribution is -0.144. The van der Waals surface area contributed by atoms with Crippen LogP contribution in [0.2, 0.25) is 0 Å². The van der Waals surface area contributed by atoms with Gasteiger partial charge in [-0.1, -0.05) is 6.07 Å². The molecule has 2 aromatic rings. The van der Waals surface area contributed by atoms with Gasteiger partial charge in [-0.2, -0.15) is 0 Å². The maximum Gasteiger partial charge on any atom is 0.308 e. The van der Waals surface area contributed by atoms with Gasteiger partial charge in [-0.3, -0.25) is 19.4 Å². The summed E-state index contributed by atoms with van der Waals surface area (Å²) in [5.74, 6) is -2.55. The third kappa shape index (κ3) is 4.33. The summed E-state index contributed by atoms with van der Waals surface area (Å²) in [5.41, 5.74) is 1.09. The van der Waals surface area contributed by atoms with Crippen molar-refractivity contribution in [3.8, 4) is 0 Å². The van der Waals surface area contributed by atoms with Crippen LogP contribution in [0, 0.1) is 18.8 Å². The number of pyridine rings is 1. The van der Waals surface area contributed by atoms with Gasteiger partial charge in [-0.05, 0) is 31.5 Å². The molecule has 1 aliphatic heterocycles. The number of aromatic nitrogens is 1. The summed E-state index contributed by atoms with van der Waals surface area (Å²) in [6, 6.07) is 6.95. The number of nitrogens with one attached hydrogen (secondary N) is 1. The Morgan fingerprint density at radius 3 is 2.67 bits per heavy atom. The van der Waals surface area contributed by atoms with E-state index in [2.05, 4.69) is 10.3 Å². The lowest BCUT2D eigenvalue weighted by Crippen LogP contribution is -2.50. The van der Waals surface area contributed by atoms with Crippen LogP contribution in [0.15, 0.2) is 41.1 Å². The number of likely N-dealkylation sites (tertiary alicyclic amines) is 1. The van der Waals surface area contributed by atoms with Gasteiger partial charge in [0.05, 0.1) is 35.9 Å². The van der Waals surface area contributed by atoms with Gasteiger partial charge in [0.2, 0.25) is 5.91 Å². The normalized spacial score (nSPS) is 19.5. The van der Waals surface area contributed by atoms with E-state index in [-0.39, 0.29) is 37.9 Å². The molecule has 1 saturated heterocycles. The predicted molar refractivity (Wildman–Crippen MR) is 94.7 cm³/mol. The highest BCUT2D eigenvalue weighted by Crippen LogP contribution is 2.25. The Balaban J connectivity index is 1.70. The first-order valence-corrected chi connectivity index (χ1v) is 8.69. The summed E-state index contributed by atoms with van der Waals surface area (Å²) in [7, 11) is 0. The molecule has 2 atom stereocenters. The lowest BCUT2D eigenvalue weighted by Gasteiger charge is -2.35. The average Bonchev–Trinajstić information content (AvgIpc) is 3.11. The SMILES string of the molecule is Cc1occc1C(=O)N1C[C@H](C(=O)O)C[C@@H](C(=O)NCc2ccccn2)C1. The van der Waals surface area contributed by atoms with E-state index in [1.807, 2.05) is 6.07 Å². The molecule has 0 bridgehead atoms. The zero-order valence-electron chi connectivity index (χ0n) is 14.9. The highest BCUT2D eigenvalue weighted by Gasteiger charge is 2.37. The molecule has 0 aliphatic carbocycles. The van der Waals surface area contributed by atoms with Gasteiger partial charge < -0.3 is 19.7 Å². The molecule has 0 unspecified atom stereocenters. The highest BCUT2D eigenvalue weighted by atomic mass is 16.4. The number of hydrogen-bond donors (Lipinski definition) is 2. The summed E-state index contributed by atoms with van der Waals surface area (Å²) in [4.78, 5) is 42.4. The van der Waals surface area contributed by atoms with E-state index in [9.17, 15) is 19.5 Å². The van der Waals surface area contributed by atoms with Crippen LogP contribution in [-0.4, -0.2) is 45.9 Å². The number of rotatable bonds is 5. The molecule has 2 N–H and O–H groups in total. The third-order valence-corrected chi connectivity index (χ3v) is 4.72. The van der Waals surface area contributed by atoms with Crippen LogP contribution >= 0.6 is 0 Å².